The summed E-state index contributed by atoms with van der Waals surface area (Å²) in [6, 6.07) is 10.7. The number of benzene rings is 2. The van der Waals surface area contributed by atoms with E-state index in [1.165, 1.54) is 49.5 Å². The van der Waals surface area contributed by atoms with E-state index in [0.717, 1.165) is 4.31 Å². The molecule has 0 saturated heterocycles. The molecular weight excluding hydrogens is 269 g/mol. The van der Waals surface area contributed by atoms with E-state index in [1.54, 1.807) is 6.07 Å². The molecule has 0 atom stereocenters. The van der Waals surface area contributed by atoms with Gasteiger partial charge in [0.05, 0.1) is 10.6 Å². The summed E-state index contributed by atoms with van der Waals surface area (Å²) in [7, 11) is -2.57. The monoisotopic (exact) mass is 281 g/mol. The maximum Gasteiger partial charge on any atom is 0.264 e. The van der Waals surface area contributed by atoms with Gasteiger partial charge in [0.2, 0.25) is 0 Å². The first-order valence-corrected chi connectivity index (χ1v) is 6.89. The van der Waals surface area contributed by atoms with Crippen molar-refractivity contribution in [3.05, 3.63) is 54.3 Å². The summed E-state index contributed by atoms with van der Waals surface area (Å²) in [4.78, 5) is -0.0175. The molecule has 6 heteroatoms. The molecule has 0 aliphatic rings. The highest BCUT2D eigenvalue weighted by Gasteiger charge is 2.23. The van der Waals surface area contributed by atoms with Crippen molar-refractivity contribution >= 4 is 15.7 Å². The molecule has 0 amide bonds. The fraction of sp³-hybridized carbons (Fsp3) is 0.0769. The van der Waals surface area contributed by atoms with E-state index in [4.69, 9.17) is 5.11 Å². The van der Waals surface area contributed by atoms with Crippen LogP contribution in [0.1, 0.15) is 0 Å². The molecule has 19 heavy (non-hydrogen) atoms. The van der Waals surface area contributed by atoms with Gasteiger partial charge >= 0.3 is 0 Å². The number of sulfonamides is 1. The number of para-hydroxylation sites is 1. The molecule has 2 aromatic carbocycles. The van der Waals surface area contributed by atoms with Crippen molar-refractivity contribution in [1.82, 2.24) is 0 Å². The summed E-state index contributed by atoms with van der Waals surface area (Å²) in [6.45, 7) is 0. The molecule has 0 aliphatic heterocycles. The number of phenols is 1. The standard InChI is InChI=1S/C13H12FNO3S/c1-15(13-5-3-2-4-12(13)14)19(17,18)11-8-6-10(16)7-9-11/h2-9,16H,1H3. The molecule has 2 rings (SSSR count). The fourth-order valence-electron chi connectivity index (χ4n) is 1.61. The molecule has 4 nitrogen and oxygen atoms in total. The molecular formula is C13H12FNO3S. The molecule has 1 N–H and O–H groups in total. The number of rotatable bonds is 3. The zero-order valence-corrected chi connectivity index (χ0v) is 10.9. The number of halogens is 1. The summed E-state index contributed by atoms with van der Waals surface area (Å²) in [6.07, 6.45) is 0. The van der Waals surface area contributed by atoms with Crippen molar-refractivity contribution in [2.45, 2.75) is 4.90 Å². The average molecular weight is 281 g/mol. The van der Waals surface area contributed by atoms with Crippen LogP contribution in [0.2, 0.25) is 0 Å². The van der Waals surface area contributed by atoms with Crippen molar-refractivity contribution in [1.29, 1.82) is 0 Å². The molecule has 0 fully saturated rings. The first-order chi connectivity index (χ1) is 8.93. The van der Waals surface area contributed by atoms with E-state index >= 15 is 0 Å². The third kappa shape index (κ3) is 2.53. The molecule has 0 bridgehead atoms. The number of aromatic hydroxyl groups is 1. The molecule has 100 valence electrons. The van der Waals surface area contributed by atoms with Crippen LogP contribution in [0.5, 0.6) is 5.75 Å². The average Bonchev–Trinajstić information content (AvgIpc) is 2.39. The lowest BCUT2D eigenvalue weighted by atomic mass is 10.3. The Morgan fingerprint density at radius 1 is 1.05 bits per heavy atom. The summed E-state index contributed by atoms with van der Waals surface area (Å²) in [5.74, 6) is -0.653. The van der Waals surface area contributed by atoms with Crippen molar-refractivity contribution in [2.75, 3.05) is 11.4 Å². The quantitative estimate of drug-likeness (QED) is 0.939. The lowest BCUT2D eigenvalue weighted by Crippen LogP contribution is -2.27. The van der Waals surface area contributed by atoms with Gasteiger partial charge in [-0.05, 0) is 36.4 Å². The molecule has 0 unspecified atom stereocenters. The number of hydrogen-bond acceptors (Lipinski definition) is 3. The second-order valence-corrected chi connectivity index (χ2v) is 5.89. The Labute approximate surface area is 110 Å². The largest absolute Gasteiger partial charge is 0.508 e. The molecule has 0 heterocycles. The van der Waals surface area contributed by atoms with Gasteiger partial charge in [-0.3, -0.25) is 4.31 Å². The van der Waals surface area contributed by atoms with Crippen LogP contribution in [-0.4, -0.2) is 20.6 Å². The lowest BCUT2D eigenvalue weighted by Gasteiger charge is -2.19. The van der Waals surface area contributed by atoms with Crippen molar-refractivity contribution in [2.24, 2.45) is 0 Å². The minimum absolute atomic E-state index is 0.0175. The molecule has 0 radical (unpaired) electrons. The van der Waals surface area contributed by atoms with Gasteiger partial charge in [-0.15, -0.1) is 0 Å². The minimum atomic E-state index is -3.85. The highest BCUT2D eigenvalue weighted by molar-refractivity contribution is 7.92. The maximum absolute atomic E-state index is 13.6. The van der Waals surface area contributed by atoms with Gasteiger partial charge in [0.15, 0.2) is 0 Å². The third-order valence-corrected chi connectivity index (χ3v) is 4.47. The van der Waals surface area contributed by atoms with Gasteiger partial charge in [0.25, 0.3) is 10.0 Å². The zero-order chi connectivity index (χ0) is 14.0. The maximum atomic E-state index is 13.6. The van der Waals surface area contributed by atoms with Crippen molar-refractivity contribution in [3.63, 3.8) is 0 Å². The smallest absolute Gasteiger partial charge is 0.264 e. The lowest BCUT2D eigenvalue weighted by molar-refractivity contribution is 0.475. The third-order valence-electron chi connectivity index (χ3n) is 2.69. The highest BCUT2D eigenvalue weighted by Crippen LogP contribution is 2.25. The molecule has 0 aromatic heterocycles. The van der Waals surface area contributed by atoms with E-state index in [0.29, 0.717) is 0 Å². The number of nitrogens with zero attached hydrogens (tertiary/aromatic N) is 1. The topological polar surface area (TPSA) is 57.6 Å². The highest BCUT2D eigenvalue weighted by atomic mass is 32.2. The van der Waals surface area contributed by atoms with Crippen LogP contribution in [0.4, 0.5) is 10.1 Å². The fourth-order valence-corrected chi connectivity index (χ4v) is 2.82. The van der Waals surface area contributed by atoms with Gasteiger partial charge in [-0.25, -0.2) is 12.8 Å². The summed E-state index contributed by atoms with van der Waals surface area (Å²) >= 11 is 0. The molecule has 2 aromatic rings. The van der Waals surface area contributed by atoms with Crippen LogP contribution >= 0.6 is 0 Å². The van der Waals surface area contributed by atoms with E-state index in [1.807, 2.05) is 0 Å². The van der Waals surface area contributed by atoms with Crippen LogP contribution in [-0.2, 0) is 10.0 Å². The van der Waals surface area contributed by atoms with Gasteiger partial charge in [0, 0.05) is 7.05 Å². The van der Waals surface area contributed by atoms with Crippen LogP contribution < -0.4 is 4.31 Å². The Morgan fingerprint density at radius 2 is 1.63 bits per heavy atom. The summed E-state index contributed by atoms with van der Waals surface area (Å²) < 4.78 is 39.0. The zero-order valence-electron chi connectivity index (χ0n) is 10.1. The van der Waals surface area contributed by atoms with Gasteiger partial charge < -0.3 is 5.11 Å². The van der Waals surface area contributed by atoms with Gasteiger partial charge in [-0.1, -0.05) is 12.1 Å². The Morgan fingerprint density at radius 3 is 2.21 bits per heavy atom. The van der Waals surface area contributed by atoms with Crippen molar-refractivity contribution in [3.8, 4) is 5.75 Å². The first kappa shape index (κ1) is 13.4. The predicted molar refractivity (Wildman–Crippen MR) is 70.1 cm³/mol. The van der Waals surface area contributed by atoms with Crippen LogP contribution in [0.25, 0.3) is 0 Å². The Kier molecular flexibility index (Phi) is 3.44. The van der Waals surface area contributed by atoms with E-state index in [9.17, 15) is 12.8 Å². The predicted octanol–water partition coefficient (Wildman–Crippen LogP) is 2.36. The number of hydrogen-bond donors (Lipinski definition) is 1. The number of anilines is 1. The second-order valence-electron chi connectivity index (χ2n) is 3.92. The normalized spacial score (nSPS) is 11.3. The summed E-state index contributed by atoms with van der Waals surface area (Å²) in [5, 5.41) is 9.15. The van der Waals surface area contributed by atoms with Crippen molar-refractivity contribution < 1.29 is 17.9 Å². The van der Waals surface area contributed by atoms with E-state index < -0.39 is 15.8 Å². The second kappa shape index (κ2) is 4.89. The molecule has 0 spiro atoms. The minimum Gasteiger partial charge on any atom is -0.508 e. The van der Waals surface area contributed by atoms with Crippen LogP contribution in [0.15, 0.2) is 53.4 Å². The van der Waals surface area contributed by atoms with Gasteiger partial charge in [0.1, 0.15) is 11.6 Å². The molecule has 0 saturated carbocycles. The van der Waals surface area contributed by atoms with Crippen LogP contribution in [0.3, 0.4) is 0 Å². The van der Waals surface area contributed by atoms with Gasteiger partial charge in [-0.2, -0.15) is 0 Å². The van der Waals surface area contributed by atoms with E-state index in [2.05, 4.69) is 0 Å². The Hall–Kier alpha value is -2.08. The SMILES string of the molecule is CN(c1ccccc1F)S(=O)(=O)c1ccc(O)cc1. The first-order valence-electron chi connectivity index (χ1n) is 5.45. The summed E-state index contributed by atoms with van der Waals surface area (Å²) in [5.41, 5.74) is -0.0319. The molecule has 0 aliphatic carbocycles. The van der Waals surface area contributed by atoms with Crippen LogP contribution in [0, 0.1) is 5.82 Å². The number of phenolic OH excluding ortho intramolecular Hbond substituents is 1. The Balaban J connectivity index is 2.45. The van der Waals surface area contributed by atoms with E-state index in [-0.39, 0.29) is 16.3 Å². The Bertz CT molecular complexity index is 683.